The quantitative estimate of drug-likeness (QED) is 0.296. The molecular formula is C22H26ClF2N3O5S. The Morgan fingerprint density at radius 3 is 2.21 bits per heavy atom. The van der Waals surface area contributed by atoms with Gasteiger partial charge in [0.1, 0.15) is 11.8 Å². The van der Waals surface area contributed by atoms with Crippen LogP contribution in [0.25, 0.3) is 0 Å². The third kappa shape index (κ3) is 6.63. The summed E-state index contributed by atoms with van der Waals surface area (Å²) in [6, 6.07) is 5.58. The fraction of sp³-hybridized carbons (Fsp3) is 0.409. The topological polar surface area (TPSA) is 131 Å². The van der Waals surface area contributed by atoms with Gasteiger partial charge in [-0.1, -0.05) is 24.4 Å². The van der Waals surface area contributed by atoms with Crippen molar-refractivity contribution in [3.05, 3.63) is 53.1 Å². The fourth-order valence-electron chi connectivity index (χ4n) is 3.99. The molecule has 8 nitrogen and oxygen atoms in total. The van der Waals surface area contributed by atoms with Gasteiger partial charge in [-0.2, -0.15) is 4.72 Å². The number of rotatable bonds is 9. The highest BCUT2D eigenvalue weighted by Crippen LogP contribution is 2.33. The van der Waals surface area contributed by atoms with Crippen LogP contribution in [0.3, 0.4) is 0 Å². The molecule has 0 aliphatic heterocycles. The molecule has 34 heavy (non-hydrogen) atoms. The van der Waals surface area contributed by atoms with E-state index in [4.69, 9.17) is 27.3 Å². The summed E-state index contributed by atoms with van der Waals surface area (Å²) >= 11 is 5.77. The first-order valence-electron chi connectivity index (χ1n) is 10.7. The summed E-state index contributed by atoms with van der Waals surface area (Å²) in [5.74, 6) is -3.75. The number of hydrogen-bond donors (Lipinski definition) is 4. The largest absolute Gasteiger partial charge is 0.451 e. The van der Waals surface area contributed by atoms with Crippen molar-refractivity contribution < 1.29 is 31.9 Å². The van der Waals surface area contributed by atoms with E-state index >= 15 is 0 Å². The maximum atomic E-state index is 14.6. The summed E-state index contributed by atoms with van der Waals surface area (Å²) in [6.07, 6.45) is 3.32. The number of nitrogens with two attached hydrogens (primary N) is 1. The van der Waals surface area contributed by atoms with Crippen molar-refractivity contribution in [1.29, 1.82) is 0 Å². The molecule has 186 valence electrons. The third-order valence-electron chi connectivity index (χ3n) is 5.91. The Balaban J connectivity index is 1.77. The van der Waals surface area contributed by atoms with Crippen LogP contribution < -0.4 is 20.7 Å². The van der Waals surface area contributed by atoms with Crippen molar-refractivity contribution in [2.45, 2.75) is 43.0 Å². The number of ether oxygens (including phenoxy) is 1. The minimum atomic E-state index is -4.52. The second-order valence-electron chi connectivity index (χ2n) is 8.28. The predicted octanol–water partition coefficient (Wildman–Crippen LogP) is 3.72. The minimum absolute atomic E-state index is 0.0245. The molecule has 1 aliphatic rings. The molecular weight excluding hydrogens is 492 g/mol. The molecule has 2 aromatic carbocycles. The number of benzene rings is 2. The van der Waals surface area contributed by atoms with Crippen molar-refractivity contribution in [2.24, 2.45) is 17.6 Å². The Kier molecular flexibility index (Phi) is 8.83. The first kappa shape index (κ1) is 26.3. The summed E-state index contributed by atoms with van der Waals surface area (Å²) < 4.78 is 62.2. The lowest BCUT2D eigenvalue weighted by atomic mass is 9.79. The van der Waals surface area contributed by atoms with Gasteiger partial charge in [0.05, 0.1) is 4.90 Å². The summed E-state index contributed by atoms with van der Waals surface area (Å²) in [7, 11) is -4.52. The van der Waals surface area contributed by atoms with Crippen LogP contribution in [0, 0.1) is 23.5 Å². The maximum Gasteiger partial charge on any atom is 0.261 e. The zero-order valence-electron chi connectivity index (χ0n) is 18.1. The number of carbonyl (C=O) groups excluding carboxylic acids is 1. The minimum Gasteiger partial charge on any atom is -0.451 e. The molecule has 1 atom stereocenters. The molecule has 5 N–H and O–H groups in total. The van der Waals surface area contributed by atoms with E-state index in [-0.39, 0.29) is 18.1 Å². The highest BCUT2D eigenvalue weighted by Gasteiger charge is 2.31. The predicted molar refractivity (Wildman–Crippen MR) is 121 cm³/mol. The zero-order valence-corrected chi connectivity index (χ0v) is 19.7. The summed E-state index contributed by atoms with van der Waals surface area (Å²) in [5, 5.41) is 9.47. The molecule has 0 saturated heterocycles. The smallest absolute Gasteiger partial charge is 0.261 e. The molecule has 2 aromatic rings. The second-order valence-corrected chi connectivity index (χ2v) is 10.4. The summed E-state index contributed by atoms with van der Waals surface area (Å²) in [5.41, 5.74) is 7.14. The normalized spacial score (nSPS) is 19.4. The van der Waals surface area contributed by atoms with Gasteiger partial charge in [-0.15, -0.1) is 0 Å². The van der Waals surface area contributed by atoms with E-state index < -0.39 is 44.3 Å². The molecule has 0 aromatic heterocycles. The van der Waals surface area contributed by atoms with Crippen LogP contribution in [0.1, 0.15) is 32.1 Å². The van der Waals surface area contributed by atoms with Gasteiger partial charge in [-0.05, 0) is 74.0 Å². The lowest BCUT2D eigenvalue weighted by molar-refractivity contribution is -0.131. The summed E-state index contributed by atoms with van der Waals surface area (Å²) in [6.45, 7) is 0.564. The lowest BCUT2D eigenvalue weighted by Crippen LogP contribution is -2.47. The molecule has 1 amide bonds. The Morgan fingerprint density at radius 1 is 1.12 bits per heavy atom. The van der Waals surface area contributed by atoms with Crippen molar-refractivity contribution in [1.82, 2.24) is 10.2 Å². The zero-order chi connectivity index (χ0) is 24.9. The molecule has 0 bridgehead atoms. The number of amides is 1. The number of hydrogen-bond acceptors (Lipinski definition) is 6. The van der Waals surface area contributed by atoms with Gasteiger partial charge >= 0.3 is 0 Å². The van der Waals surface area contributed by atoms with Crippen LogP contribution in [0.5, 0.6) is 11.5 Å². The second kappa shape index (κ2) is 11.4. The highest BCUT2D eigenvalue weighted by atomic mass is 35.5. The van der Waals surface area contributed by atoms with Crippen LogP contribution in [0.15, 0.2) is 41.3 Å². The Bertz CT molecular complexity index is 1090. The van der Waals surface area contributed by atoms with Crippen LogP contribution in [-0.2, 0) is 14.8 Å². The number of halogens is 3. The van der Waals surface area contributed by atoms with Crippen LogP contribution >= 0.6 is 11.6 Å². The monoisotopic (exact) mass is 517 g/mol. The molecule has 1 aliphatic carbocycles. The van der Waals surface area contributed by atoms with Gasteiger partial charge in [0.25, 0.3) is 5.91 Å². The first-order chi connectivity index (χ1) is 16.1. The molecule has 0 heterocycles. The van der Waals surface area contributed by atoms with Crippen molar-refractivity contribution in [3.63, 3.8) is 0 Å². The van der Waals surface area contributed by atoms with Crippen molar-refractivity contribution in [2.75, 3.05) is 6.54 Å². The van der Waals surface area contributed by atoms with E-state index in [1.807, 2.05) is 0 Å². The Hall–Kier alpha value is -2.31. The van der Waals surface area contributed by atoms with Crippen molar-refractivity contribution in [3.8, 4) is 11.5 Å². The van der Waals surface area contributed by atoms with Gasteiger partial charge < -0.3 is 10.5 Å². The van der Waals surface area contributed by atoms with Crippen LogP contribution in [0.4, 0.5) is 8.78 Å². The number of sulfonamides is 1. The number of hydroxylamine groups is 1. The van der Waals surface area contributed by atoms with Crippen LogP contribution in [-0.4, -0.2) is 32.1 Å². The van der Waals surface area contributed by atoms with E-state index in [9.17, 15) is 22.0 Å². The van der Waals surface area contributed by atoms with Crippen LogP contribution in [0.2, 0.25) is 5.02 Å². The highest BCUT2D eigenvalue weighted by molar-refractivity contribution is 7.89. The average Bonchev–Trinajstić information content (AvgIpc) is 2.81. The number of carbonyl (C=O) groups is 1. The van der Waals surface area contributed by atoms with E-state index in [2.05, 4.69) is 4.72 Å². The number of nitrogens with one attached hydrogen (secondary N) is 2. The van der Waals surface area contributed by atoms with Crippen molar-refractivity contribution >= 4 is 27.5 Å². The molecule has 0 spiro atoms. The first-order valence-corrected chi connectivity index (χ1v) is 12.6. The van der Waals surface area contributed by atoms with Gasteiger partial charge in [0, 0.05) is 5.02 Å². The molecule has 1 saturated carbocycles. The van der Waals surface area contributed by atoms with Gasteiger partial charge in [0.2, 0.25) is 10.0 Å². The van der Waals surface area contributed by atoms with Gasteiger partial charge in [-0.25, -0.2) is 22.7 Å². The van der Waals surface area contributed by atoms with E-state index in [1.54, 1.807) is 0 Å². The third-order valence-corrected chi connectivity index (χ3v) is 7.61. The fourth-order valence-corrected chi connectivity index (χ4v) is 5.35. The van der Waals surface area contributed by atoms with Gasteiger partial charge in [0.15, 0.2) is 17.4 Å². The average molecular weight is 518 g/mol. The molecule has 12 heteroatoms. The molecule has 3 rings (SSSR count). The Labute approximate surface area is 201 Å². The standard InChI is InChI=1S/C22H26ClF2N3O5S/c23-15-5-7-16(8-6-15)33-21-18(24)10-17(11-19(21)25)34(31,32)28-20(22(29)27-30)9-13-1-3-14(12-26)4-2-13/h5-8,10-11,13-14,20,28,30H,1-4,9,12,26H2,(H,27,29). The molecule has 1 fully saturated rings. The van der Waals surface area contributed by atoms with Gasteiger partial charge in [-0.3, -0.25) is 10.0 Å². The molecule has 1 unspecified atom stereocenters. The molecule has 0 radical (unpaired) electrons. The van der Waals surface area contributed by atoms with E-state index in [0.29, 0.717) is 29.6 Å². The lowest BCUT2D eigenvalue weighted by Gasteiger charge is -2.30. The maximum absolute atomic E-state index is 14.6. The SMILES string of the molecule is NCC1CCC(CC(NS(=O)(=O)c2cc(F)c(Oc3ccc(Cl)cc3)c(F)c2)C(=O)NO)CC1. The summed E-state index contributed by atoms with van der Waals surface area (Å²) in [4.78, 5) is 11.4. The Morgan fingerprint density at radius 2 is 1.68 bits per heavy atom. The van der Waals surface area contributed by atoms with E-state index in [1.165, 1.54) is 29.7 Å². The van der Waals surface area contributed by atoms with E-state index in [0.717, 1.165) is 25.7 Å².